The molecule has 2 rings (SSSR count). The number of hydrogen-bond acceptors (Lipinski definition) is 4. The number of para-hydroxylation sites is 1. The Hall–Kier alpha value is -2.24. The molecule has 1 N–H and O–H groups in total. The van der Waals surface area contributed by atoms with Crippen LogP contribution in [0.15, 0.2) is 30.3 Å². The summed E-state index contributed by atoms with van der Waals surface area (Å²) < 4.78 is 11.2. The monoisotopic (exact) mass is 321 g/mol. The normalized spacial score (nSPS) is 24.3. The molecular formula is C17H23NO5. The number of amides is 1. The number of aliphatic carboxylic acids is 1. The van der Waals surface area contributed by atoms with Gasteiger partial charge in [-0.25, -0.2) is 9.59 Å². The highest BCUT2D eigenvalue weighted by Crippen LogP contribution is 2.33. The topological polar surface area (TPSA) is 76.1 Å². The summed E-state index contributed by atoms with van der Waals surface area (Å²) in [4.78, 5) is 25.3. The summed E-state index contributed by atoms with van der Waals surface area (Å²) >= 11 is 0. The van der Waals surface area contributed by atoms with Crippen molar-refractivity contribution in [3.05, 3.63) is 30.3 Å². The standard InChI is InChI=1S/C17H23NO5/c1-16(2,3)23-15(21)18-11-13(10-17(18,4)14(19)20)22-12-8-6-5-7-9-12/h5-9,13H,10-11H2,1-4H3,(H,19,20)/t13?,17-/m1/s1. The molecule has 0 spiro atoms. The summed E-state index contributed by atoms with van der Waals surface area (Å²) in [6, 6.07) is 9.15. The molecule has 6 heteroatoms. The molecular weight excluding hydrogens is 298 g/mol. The van der Waals surface area contributed by atoms with Gasteiger partial charge in [0.15, 0.2) is 0 Å². The summed E-state index contributed by atoms with van der Waals surface area (Å²) in [5.74, 6) is -0.418. The Morgan fingerprint density at radius 1 is 1.26 bits per heavy atom. The minimum absolute atomic E-state index is 0.173. The van der Waals surface area contributed by atoms with E-state index in [-0.39, 0.29) is 13.0 Å². The quantitative estimate of drug-likeness (QED) is 0.926. The highest BCUT2D eigenvalue weighted by molar-refractivity contribution is 5.85. The van der Waals surface area contributed by atoms with Gasteiger partial charge < -0.3 is 14.6 Å². The zero-order valence-electron chi connectivity index (χ0n) is 13.9. The van der Waals surface area contributed by atoms with Gasteiger partial charge in [0.25, 0.3) is 0 Å². The van der Waals surface area contributed by atoms with E-state index in [1.807, 2.05) is 18.2 Å². The van der Waals surface area contributed by atoms with E-state index in [1.54, 1.807) is 32.9 Å². The van der Waals surface area contributed by atoms with Gasteiger partial charge in [-0.05, 0) is 39.8 Å². The summed E-state index contributed by atoms with van der Waals surface area (Å²) in [5, 5.41) is 9.57. The van der Waals surface area contributed by atoms with E-state index in [0.29, 0.717) is 5.75 Å². The van der Waals surface area contributed by atoms with Gasteiger partial charge >= 0.3 is 12.1 Å². The van der Waals surface area contributed by atoms with E-state index in [0.717, 1.165) is 0 Å². The van der Waals surface area contributed by atoms with Crippen LogP contribution in [0.1, 0.15) is 34.1 Å². The second-order valence-electron chi connectivity index (χ2n) is 6.93. The van der Waals surface area contributed by atoms with Gasteiger partial charge in [-0.2, -0.15) is 0 Å². The van der Waals surface area contributed by atoms with Crippen molar-refractivity contribution in [2.45, 2.75) is 51.4 Å². The molecule has 1 aliphatic heterocycles. The van der Waals surface area contributed by atoms with Crippen LogP contribution in [-0.4, -0.2) is 45.9 Å². The smallest absolute Gasteiger partial charge is 0.411 e. The molecule has 126 valence electrons. The van der Waals surface area contributed by atoms with Crippen LogP contribution in [0.2, 0.25) is 0 Å². The fourth-order valence-electron chi connectivity index (χ4n) is 2.59. The third-order valence-corrected chi connectivity index (χ3v) is 3.73. The van der Waals surface area contributed by atoms with Gasteiger partial charge in [0, 0.05) is 6.42 Å². The summed E-state index contributed by atoms with van der Waals surface area (Å²) in [7, 11) is 0. The molecule has 0 radical (unpaired) electrons. The van der Waals surface area contributed by atoms with Gasteiger partial charge in [0.05, 0.1) is 6.54 Å². The number of likely N-dealkylation sites (tertiary alicyclic amines) is 1. The van der Waals surface area contributed by atoms with Crippen LogP contribution in [0.25, 0.3) is 0 Å². The molecule has 0 saturated carbocycles. The Balaban J connectivity index is 2.16. The van der Waals surface area contributed by atoms with Crippen molar-refractivity contribution in [2.24, 2.45) is 0 Å². The number of carboxylic acid groups (broad SMARTS) is 1. The number of hydrogen-bond donors (Lipinski definition) is 1. The minimum atomic E-state index is -1.35. The minimum Gasteiger partial charge on any atom is -0.488 e. The lowest BCUT2D eigenvalue weighted by Gasteiger charge is -2.32. The molecule has 1 saturated heterocycles. The first kappa shape index (κ1) is 17.1. The number of carbonyl (C=O) groups is 2. The number of ether oxygens (including phenoxy) is 2. The molecule has 1 amide bonds. The first-order valence-corrected chi connectivity index (χ1v) is 7.57. The molecule has 6 nitrogen and oxygen atoms in total. The van der Waals surface area contributed by atoms with Crippen LogP contribution in [0.3, 0.4) is 0 Å². The third kappa shape index (κ3) is 3.94. The average molecular weight is 321 g/mol. The Labute approximate surface area is 136 Å². The van der Waals surface area contributed by atoms with Crippen LogP contribution in [-0.2, 0) is 9.53 Å². The van der Waals surface area contributed by atoms with Crippen LogP contribution >= 0.6 is 0 Å². The molecule has 1 aromatic rings. The van der Waals surface area contributed by atoms with Crippen molar-refractivity contribution in [3.8, 4) is 5.75 Å². The van der Waals surface area contributed by atoms with Crippen LogP contribution in [0.5, 0.6) is 5.75 Å². The molecule has 0 aromatic heterocycles. The molecule has 0 bridgehead atoms. The second-order valence-corrected chi connectivity index (χ2v) is 6.93. The second kappa shape index (κ2) is 6.10. The van der Waals surface area contributed by atoms with Crippen LogP contribution < -0.4 is 4.74 Å². The van der Waals surface area contributed by atoms with E-state index in [1.165, 1.54) is 11.8 Å². The van der Waals surface area contributed by atoms with Crippen molar-refractivity contribution < 1.29 is 24.2 Å². The average Bonchev–Trinajstić information content (AvgIpc) is 2.76. The van der Waals surface area contributed by atoms with Crippen molar-refractivity contribution in [1.29, 1.82) is 0 Å². The summed E-state index contributed by atoms with van der Waals surface area (Å²) in [6.45, 7) is 6.94. The van der Waals surface area contributed by atoms with E-state index in [2.05, 4.69) is 0 Å². The molecule has 1 heterocycles. The van der Waals surface area contributed by atoms with Crippen molar-refractivity contribution in [2.75, 3.05) is 6.54 Å². The lowest BCUT2D eigenvalue weighted by Crippen LogP contribution is -2.52. The van der Waals surface area contributed by atoms with Crippen molar-refractivity contribution in [1.82, 2.24) is 4.90 Å². The molecule has 1 aliphatic rings. The molecule has 0 aliphatic carbocycles. The fraction of sp³-hybridized carbons (Fsp3) is 0.529. The van der Waals surface area contributed by atoms with Gasteiger partial charge in [-0.15, -0.1) is 0 Å². The van der Waals surface area contributed by atoms with E-state index in [9.17, 15) is 14.7 Å². The molecule has 2 atom stereocenters. The van der Waals surface area contributed by atoms with E-state index >= 15 is 0 Å². The molecule has 23 heavy (non-hydrogen) atoms. The maximum Gasteiger partial charge on any atom is 0.411 e. The van der Waals surface area contributed by atoms with E-state index < -0.39 is 29.3 Å². The summed E-state index contributed by atoms with van der Waals surface area (Å²) in [6.07, 6.45) is -0.830. The first-order chi connectivity index (χ1) is 10.6. The predicted octanol–water partition coefficient (Wildman–Crippen LogP) is 2.92. The van der Waals surface area contributed by atoms with Crippen molar-refractivity contribution in [3.63, 3.8) is 0 Å². The maximum atomic E-state index is 12.4. The van der Waals surface area contributed by atoms with Crippen LogP contribution in [0.4, 0.5) is 4.79 Å². The van der Waals surface area contributed by atoms with Gasteiger partial charge in [0.1, 0.15) is 23.0 Å². The lowest BCUT2D eigenvalue weighted by molar-refractivity contribution is -0.148. The third-order valence-electron chi connectivity index (χ3n) is 3.73. The zero-order valence-corrected chi connectivity index (χ0v) is 13.9. The largest absolute Gasteiger partial charge is 0.488 e. The van der Waals surface area contributed by atoms with E-state index in [4.69, 9.17) is 9.47 Å². The number of rotatable bonds is 3. The maximum absolute atomic E-state index is 12.4. The highest BCUT2D eigenvalue weighted by Gasteiger charge is 2.52. The molecule has 1 aromatic carbocycles. The van der Waals surface area contributed by atoms with Gasteiger partial charge in [-0.1, -0.05) is 18.2 Å². The Bertz CT molecular complexity index is 580. The Morgan fingerprint density at radius 3 is 2.39 bits per heavy atom. The lowest BCUT2D eigenvalue weighted by atomic mass is 9.98. The SMILES string of the molecule is CC(C)(C)OC(=O)N1CC(Oc2ccccc2)C[C@]1(C)C(=O)O. The Morgan fingerprint density at radius 2 is 1.87 bits per heavy atom. The van der Waals surface area contributed by atoms with Crippen LogP contribution in [0, 0.1) is 0 Å². The number of benzene rings is 1. The number of carboxylic acids is 1. The van der Waals surface area contributed by atoms with Gasteiger partial charge in [-0.3, -0.25) is 4.90 Å². The Kier molecular flexibility index (Phi) is 4.54. The summed E-state index contributed by atoms with van der Waals surface area (Å²) in [5.41, 5.74) is -2.03. The van der Waals surface area contributed by atoms with Gasteiger partial charge in [0.2, 0.25) is 0 Å². The highest BCUT2D eigenvalue weighted by atomic mass is 16.6. The fourth-order valence-corrected chi connectivity index (χ4v) is 2.59. The molecule has 1 unspecified atom stereocenters. The first-order valence-electron chi connectivity index (χ1n) is 7.57. The predicted molar refractivity (Wildman–Crippen MR) is 84.5 cm³/mol. The molecule has 1 fully saturated rings. The number of carbonyl (C=O) groups excluding carboxylic acids is 1. The zero-order chi connectivity index (χ0) is 17.3. The van der Waals surface area contributed by atoms with Crippen molar-refractivity contribution >= 4 is 12.1 Å². The number of nitrogens with zero attached hydrogens (tertiary/aromatic N) is 1.